The molecule has 0 aliphatic heterocycles. The Morgan fingerprint density at radius 3 is 1.90 bits per heavy atom. The predicted molar refractivity (Wildman–Crippen MR) is 133 cm³/mol. The van der Waals surface area contributed by atoms with E-state index in [-0.39, 0.29) is 25.0 Å². The Morgan fingerprint density at radius 2 is 1.41 bits per heavy atom. The van der Waals surface area contributed by atoms with Gasteiger partial charge in [-0.1, -0.05) is 12.1 Å². The second-order valence-corrected chi connectivity index (χ2v) is 7.99. The van der Waals surface area contributed by atoms with Crippen LogP contribution in [0.3, 0.4) is 0 Å². The standard InChI is InChI=1S/C21H26N4O4.C4F6O2/c1-24-10-11-25(2)20(26)15-6-8-16(9-7-15)21(27)29-13-12-28-18-5-3-4-17(14-18)19(22)23;5-3(6,7)1(11)2(12)4(8,9)10/h3-9,14,24H,10-13H2,1-2H3,(H3,22,23);. The first-order chi connectivity index (χ1) is 19.0. The number of nitrogens with one attached hydrogen (secondary N) is 2. The van der Waals surface area contributed by atoms with E-state index in [1.807, 2.05) is 7.05 Å². The number of hydrogen-bond acceptors (Lipinski definition) is 8. The lowest BCUT2D eigenvalue weighted by atomic mass is 10.1. The summed E-state index contributed by atoms with van der Waals surface area (Å²) in [4.78, 5) is 45.3. The minimum atomic E-state index is -5.77. The number of esters is 1. The number of amidine groups is 1. The van der Waals surface area contributed by atoms with Crippen molar-refractivity contribution in [3.63, 3.8) is 0 Å². The molecule has 0 saturated heterocycles. The maximum Gasteiger partial charge on any atom is 0.458 e. The van der Waals surface area contributed by atoms with Crippen molar-refractivity contribution in [2.24, 2.45) is 5.73 Å². The first-order valence-electron chi connectivity index (χ1n) is 11.5. The van der Waals surface area contributed by atoms with Crippen LogP contribution in [0.4, 0.5) is 26.3 Å². The van der Waals surface area contributed by atoms with Crippen molar-refractivity contribution in [3.8, 4) is 5.75 Å². The topological polar surface area (TPSA) is 152 Å². The summed E-state index contributed by atoms with van der Waals surface area (Å²) < 4.78 is 77.7. The lowest BCUT2D eigenvalue weighted by Crippen LogP contribution is -2.39. The third-order valence-corrected chi connectivity index (χ3v) is 4.86. The Bertz CT molecular complexity index is 1210. The third-order valence-electron chi connectivity index (χ3n) is 4.86. The minimum Gasteiger partial charge on any atom is -0.490 e. The van der Waals surface area contributed by atoms with Crippen LogP contribution in [-0.2, 0) is 14.3 Å². The minimum absolute atomic E-state index is 0.0444. The van der Waals surface area contributed by atoms with Crippen LogP contribution in [0, 0.1) is 5.41 Å². The van der Waals surface area contributed by atoms with Gasteiger partial charge < -0.3 is 25.4 Å². The summed E-state index contributed by atoms with van der Waals surface area (Å²) in [6.07, 6.45) is -11.5. The van der Waals surface area contributed by atoms with Gasteiger partial charge in [0, 0.05) is 31.3 Å². The van der Waals surface area contributed by atoms with Gasteiger partial charge in [0.2, 0.25) is 0 Å². The predicted octanol–water partition coefficient (Wildman–Crippen LogP) is 2.75. The number of hydrogen-bond donors (Lipinski definition) is 3. The summed E-state index contributed by atoms with van der Waals surface area (Å²) >= 11 is 0. The molecule has 0 saturated carbocycles. The van der Waals surface area contributed by atoms with Crippen molar-refractivity contribution in [1.29, 1.82) is 5.41 Å². The smallest absolute Gasteiger partial charge is 0.458 e. The van der Waals surface area contributed by atoms with E-state index in [1.54, 1.807) is 60.5 Å². The number of nitrogen functional groups attached to an aromatic ring is 1. The van der Waals surface area contributed by atoms with E-state index in [2.05, 4.69) is 5.32 Å². The second-order valence-electron chi connectivity index (χ2n) is 7.99. The molecule has 0 unspecified atom stereocenters. The number of Topliss-reactive ketones (excluding diaryl/α,β-unsaturated/α-hetero) is 2. The first kappa shape index (κ1) is 34.6. The van der Waals surface area contributed by atoms with Crippen molar-refractivity contribution in [1.82, 2.24) is 10.2 Å². The number of ketones is 2. The molecule has 1 amide bonds. The third kappa shape index (κ3) is 11.7. The van der Waals surface area contributed by atoms with Gasteiger partial charge in [0.25, 0.3) is 5.91 Å². The number of alkyl halides is 6. The number of amides is 1. The summed E-state index contributed by atoms with van der Waals surface area (Å²) in [6, 6.07) is 13.2. The highest BCUT2D eigenvalue weighted by Gasteiger charge is 2.54. The van der Waals surface area contributed by atoms with E-state index >= 15 is 0 Å². The van der Waals surface area contributed by atoms with Crippen LogP contribution in [0.5, 0.6) is 5.75 Å². The molecule has 4 N–H and O–H groups in total. The van der Waals surface area contributed by atoms with Gasteiger partial charge in [-0.15, -0.1) is 0 Å². The summed E-state index contributed by atoms with van der Waals surface area (Å²) in [6.45, 7) is 1.53. The fourth-order valence-corrected chi connectivity index (χ4v) is 2.74. The Labute approximate surface area is 229 Å². The van der Waals surface area contributed by atoms with Crippen molar-refractivity contribution < 1.29 is 55.0 Å². The Morgan fingerprint density at radius 1 is 0.878 bits per heavy atom. The second kappa shape index (κ2) is 15.4. The number of nitrogens with zero attached hydrogens (tertiary/aromatic N) is 1. The average Bonchev–Trinajstić information content (AvgIpc) is 2.92. The van der Waals surface area contributed by atoms with Crippen LogP contribution >= 0.6 is 0 Å². The van der Waals surface area contributed by atoms with E-state index in [9.17, 15) is 45.5 Å². The molecule has 0 fully saturated rings. The van der Waals surface area contributed by atoms with Crippen molar-refractivity contribution in [3.05, 3.63) is 65.2 Å². The van der Waals surface area contributed by atoms with E-state index < -0.39 is 29.9 Å². The molecule has 0 aromatic heterocycles. The highest BCUT2D eigenvalue weighted by atomic mass is 19.4. The molecular formula is C25H26F6N4O6. The zero-order valence-corrected chi connectivity index (χ0v) is 21.7. The molecule has 0 bridgehead atoms. The van der Waals surface area contributed by atoms with Gasteiger partial charge >= 0.3 is 29.9 Å². The molecule has 0 spiro atoms. The first-order valence-corrected chi connectivity index (χ1v) is 11.5. The maximum atomic E-state index is 12.3. The molecule has 224 valence electrons. The highest BCUT2D eigenvalue weighted by Crippen LogP contribution is 2.24. The number of likely N-dealkylation sites (N-methyl/N-ethyl adjacent to an activating group) is 2. The van der Waals surface area contributed by atoms with Gasteiger partial charge in [0.1, 0.15) is 24.8 Å². The Kier molecular flexibility index (Phi) is 12.9. The molecule has 16 heteroatoms. The number of rotatable bonds is 11. The van der Waals surface area contributed by atoms with Crippen LogP contribution in [0.25, 0.3) is 0 Å². The molecular weight excluding hydrogens is 566 g/mol. The zero-order valence-electron chi connectivity index (χ0n) is 21.7. The van der Waals surface area contributed by atoms with Gasteiger partial charge in [0.15, 0.2) is 0 Å². The van der Waals surface area contributed by atoms with Crippen LogP contribution in [0.1, 0.15) is 26.3 Å². The van der Waals surface area contributed by atoms with Crippen LogP contribution < -0.4 is 15.8 Å². The van der Waals surface area contributed by atoms with E-state index in [0.29, 0.717) is 35.5 Å². The SMILES string of the molecule is CNCCN(C)C(=O)c1ccc(C(=O)OCCOc2cccc(C(=N)N)c2)cc1.O=C(C(=O)C(F)(F)F)C(F)(F)F. The van der Waals surface area contributed by atoms with E-state index in [1.165, 1.54) is 0 Å². The molecule has 0 aliphatic rings. The molecule has 0 atom stereocenters. The van der Waals surface area contributed by atoms with Crippen LogP contribution in [0.2, 0.25) is 0 Å². The van der Waals surface area contributed by atoms with Crippen molar-refractivity contribution in [2.45, 2.75) is 12.4 Å². The summed E-state index contributed by atoms with van der Waals surface area (Å²) in [5, 5.41) is 10.4. The number of nitrogens with two attached hydrogens (primary N) is 1. The number of carbonyl (C=O) groups excluding carboxylic acids is 4. The fraction of sp³-hybridized carbons (Fsp3) is 0.320. The van der Waals surface area contributed by atoms with Gasteiger partial charge in [-0.05, 0) is 43.4 Å². The zero-order chi connectivity index (χ0) is 31.4. The monoisotopic (exact) mass is 592 g/mol. The lowest BCUT2D eigenvalue weighted by Gasteiger charge is -2.17. The summed E-state index contributed by atoms with van der Waals surface area (Å²) in [5.41, 5.74) is 6.87. The Hall–Kier alpha value is -4.47. The average molecular weight is 592 g/mol. The normalized spacial score (nSPS) is 11.0. The number of benzene rings is 2. The number of ether oxygens (including phenoxy) is 2. The maximum absolute atomic E-state index is 12.3. The number of halogens is 6. The molecule has 2 rings (SSSR count). The van der Waals surface area contributed by atoms with E-state index in [0.717, 1.165) is 0 Å². The summed E-state index contributed by atoms with van der Waals surface area (Å²) in [7, 11) is 3.56. The number of carbonyl (C=O) groups is 4. The molecule has 41 heavy (non-hydrogen) atoms. The highest BCUT2D eigenvalue weighted by molar-refractivity contribution is 6.41. The van der Waals surface area contributed by atoms with Crippen molar-refractivity contribution in [2.75, 3.05) is 40.4 Å². The molecule has 2 aromatic carbocycles. The van der Waals surface area contributed by atoms with Gasteiger partial charge in [0.05, 0.1) is 5.56 Å². The molecule has 10 nitrogen and oxygen atoms in total. The van der Waals surface area contributed by atoms with Crippen molar-refractivity contribution >= 4 is 29.3 Å². The fourth-order valence-electron chi connectivity index (χ4n) is 2.74. The quantitative estimate of drug-likeness (QED) is 0.0900. The summed E-state index contributed by atoms with van der Waals surface area (Å²) in [5.74, 6) is -6.92. The van der Waals surface area contributed by atoms with Gasteiger partial charge in [-0.2, -0.15) is 26.3 Å². The van der Waals surface area contributed by atoms with Crippen LogP contribution in [0.15, 0.2) is 48.5 Å². The van der Waals surface area contributed by atoms with E-state index in [4.69, 9.17) is 20.6 Å². The molecule has 2 aromatic rings. The molecule has 0 heterocycles. The lowest BCUT2D eigenvalue weighted by molar-refractivity contribution is -0.193. The van der Waals surface area contributed by atoms with Gasteiger partial charge in [-0.25, -0.2) is 4.79 Å². The van der Waals surface area contributed by atoms with Gasteiger partial charge in [-0.3, -0.25) is 19.8 Å². The molecule has 0 aliphatic carbocycles. The Balaban J connectivity index is 0.000000590. The van der Waals surface area contributed by atoms with Crippen LogP contribution in [-0.4, -0.2) is 86.9 Å². The largest absolute Gasteiger partial charge is 0.490 e. The molecule has 0 radical (unpaired) electrons.